The van der Waals surface area contributed by atoms with Crippen LogP contribution in [0.4, 0.5) is 22.0 Å². The summed E-state index contributed by atoms with van der Waals surface area (Å²) in [5.74, 6) is -0.402. The fraction of sp³-hybridized carbons (Fsp3) is 0.452. The molecule has 2 nitrogen and oxygen atoms in total. The average Bonchev–Trinajstić information content (AvgIpc) is 3.41. The van der Waals surface area contributed by atoms with Crippen molar-refractivity contribution in [2.75, 3.05) is 0 Å². The number of rotatable bonds is 4. The SMILES string of the molecule is OC1CC2(CCC2)Cc2nc(C3CCCC3)c(C(F)c3ccc(C(F)(F)F)cc3)c(-c3ccc(F)cc3)c21. The average molecular weight is 528 g/mol. The number of nitrogens with zero attached hydrogens (tertiary/aromatic N) is 1. The van der Waals surface area contributed by atoms with Crippen LogP contribution in [-0.2, 0) is 12.6 Å². The number of aliphatic hydroxyl groups excluding tert-OH is 1. The fourth-order valence-corrected chi connectivity index (χ4v) is 6.88. The number of alkyl halides is 4. The van der Waals surface area contributed by atoms with E-state index in [4.69, 9.17) is 4.98 Å². The molecule has 3 aromatic rings. The smallest absolute Gasteiger partial charge is 0.388 e. The summed E-state index contributed by atoms with van der Waals surface area (Å²) < 4.78 is 70.2. The second kappa shape index (κ2) is 9.44. The highest BCUT2D eigenvalue weighted by atomic mass is 19.4. The van der Waals surface area contributed by atoms with Gasteiger partial charge in [-0.15, -0.1) is 0 Å². The largest absolute Gasteiger partial charge is 0.416 e. The number of pyridine rings is 1. The molecule has 3 aliphatic rings. The van der Waals surface area contributed by atoms with E-state index in [1.165, 1.54) is 24.3 Å². The molecule has 0 bridgehead atoms. The molecule has 0 amide bonds. The Morgan fingerprint density at radius 2 is 1.58 bits per heavy atom. The van der Waals surface area contributed by atoms with Crippen LogP contribution in [0.5, 0.6) is 0 Å². The van der Waals surface area contributed by atoms with Crippen LogP contribution >= 0.6 is 0 Å². The van der Waals surface area contributed by atoms with Gasteiger partial charge in [-0.3, -0.25) is 4.98 Å². The van der Waals surface area contributed by atoms with Crippen molar-refractivity contribution in [2.24, 2.45) is 5.41 Å². The van der Waals surface area contributed by atoms with E-state index in [2.05, 4.69) is 0 Å². The molecule has 2 atom stereocenters. The van der Waals surface area contributed by atoms with Crippen LogP contribution in [0.2, 0.25) is 0 Å². The number of benzene rings is 2. The maximum absolute atomic E-state index is 16.7. The zero-order valence-corrected chi connectivity index (χ0v) is 21.0. The number of hydrogen-bond acceptors (Lipinski definition) is 2. The highest BCUT2D eigenvalue weighted by Gasteiger charge is 2.46. The van der Waals surface area contributed by atoms with Gasteiger partial charge in [-0.1, -0.05) is 43.5 Å². The first-order valence-electron chi connectivity index (χ1n) is 13.5. The van der Waals surface area contributed by atoms with Gasteiger partial charge in [-0.2, -0.15) is 13.2 Å². The molecule has 2 aromatic carbocycles. The van der Waals surface area contributed by atoms with E-state index in [0.29, 0.717) is 40.8 Å². The normalized spacial score (nSPS) is 21.8. The number of halogens is 5. The molecule has 0 radical (unpaired) electrons. The lowest BCUT2D eigenvalue weighted by molar-refractivity contribution is -0.137. The molecule has 1 aromatic heterocycles. The van der Waals surface area contributed by atoms with E-state index >= 15 is 4.39 Å². The van der Waals surface area contributed by atoms with E-state index in [1.54, 1.807) is 12.1 Å². The van der Waals surface area contributed by atoms with Crippen LogP contribution in [0.25, 0.3) is 11.1 Å². The fourth-order valence-electron chi connectivity index (χ4n) is 6.88. The van der Waals surface area contributed by atoms with Crippen molar-refractivity contribution in [2.45, 2.75) is 82.2 Å². The van der Waals surface area contributed by atoms with Gasteiger partial charge in [0.15, 0.2) is 6.17 Å². The number of aliphatic hydroxyl groups is 1. The lowest BCUT2D eigenvalue weighted by atomic mass is 9.59. The molecule has 1 heterocycles. The molecule has 1 spiro atoms. The third kappa shape index (κ3) is 4.42. The Morgan fingerprint density at radius 1 is 0.921 bits per heavy atom. The topological polar surface area (TPSA) is 33.1 Å². The van der Waals surface area contributed by atoms with Gasteiger partial charge in [0.25, 0.3) is 0 Å². The third-order valence-electron chi connectivity index (χ3n) is 8.96. The minimum atomic E-state index is -4.52. The van der Waals surface area contributed by atoms with Crippen LogP contribution in [0, 0.1) is 11.2 Å². The number of hydrogen-bond donors (Lipinski definition) is 1. The van der Waals surface area contributed by atoms with Crippen LogP contribution in [0.15, 0.2) is 48.5 Å². The minimum Gasteiger partial charge on any atom is -0.388 e. The van der Waals surface area contributed by atoms with Crippen LogP contribution < -0.4 is 0 Å². The first kappa shape index (κ1) is 25.5. The maximum Gasteiger partial charge on any atom is 0.416 e. The van der Waals surface area contributed by atoms with E-state index in [9.17, 15) is 22.7 Å². The molecule has 200 valence electrons. The molecular formula is C31H30F5NO. The van der Waals surface area contributed by atoms with Gasteiger partial charge in [0.1, 0.15) is 5.82 Å². The van der Waals surface area contributed by atoms with Crippen LogP contribution in [-0.4, -0.2) is 10.1 Å². The van der Waals surface area contributed by atoms with Crippen LogP contribution in [0.3, 0.4) is 0 Å². The lowest BCUT2D eigenvalue weighted by Crippen LogP contribution is -2.38. The summed E-state index contributed by atoms with van der Waals surface area (Å²) in [6.07, 6.45) is 1.03. The first-order chi connectivity index (χ1) is 18.2. The van der Waals surface area contributed by atoms with E-state index in [0.717, 1.165) is 62.8 Å². The Balaban J connectivity index is 1.58. The maximum atomic E-state index is 16.7. The summed E-state index contributed by atoms with van der Waals surface area (Å²) >= 11 is 0. The second-order valence-electron chi connectivity index (χ2n) is 11.4. The Labute approximate surface area is 218 Å². The van der Waals surface area contributed by atoms with E-state index in [-0.39, 0.29) is 16.9 Å². The summed E-state index contributed by atoms with van der Waals surface area (Å²) in [6.45, 7) is 0. The zero-order chi connectivity index (χ0) is 26.7. The van der Waals surface area contributed by atoms with Crippen molar-refractivity contribution in [3.05, 3.63) is 88.0 Å². The first-order valence-corrected chi connectivity index (χ1v) is 13.5. The van der Waals surface area contributed by atoms with Crippen molar-refractivity contribution in [1.29, 1.82) is 0 Å². The Bertz CT molecular complexity index is 1320. The van der Waals surface area contributed by atoms with Gasteiger partial charge in [-0.05, 0) is 84.9 Å². The molecular weight excluding hydrogens is 497 g/mol. The van der Waals surface area contributed by atoms with Gasteiger partial charge in [0.05, 0.1) is 17.4 Å². The molecule has 2 fully saturated rings. The number of aromatic nitrogens is 1. The van der Waals surface area contributed by atoms with Gasteiger partial charge < -0.3 is 5.11 Å². The zero-order valence-electron chi connectivity index (χ0n) is 21.0. The molecule has 0 saturated heterocycles. The van der Waals surface area contributed by atoms with Crippen molar-refractivity contribution in [3.8, 4) is 11.1 Å². The summed E-state index contributed by atoms with van der Waals surface area (Å²) in [5, 5.41) is 11.5. The summed E-state index contributed by atoms with van der Waals surface area (Å²) in [4.78, 5) is 5.08. The molecule has 1 N–H and O–H groups in total. The number of fused-ring (bicyclic) bond motifs is 1. The molecule has 3 aliphatic carbocycles. The van der Waals surface area contributed by atoms with Gasteiger partial charge in [-0.25, -0.2) is 8.78 Å². The molecule has 0 aliphatic heterocycles. The Kier molecular flexibility index (Phi) is 6.33. The monoisotopic (exact) mass is 527 g/mol. The predicted molar refractivity (Wildman–Crippen MR) is 135 cm³/mol. The standard InChI is InChI=1S/C31H30F5NO/c32-22-12-8-18(9-13-22)25-26-23(16-30(14-3-15-30)17-24(26)38)37-29(20-4-1-2-5-20)27(25)28(33)19-6-10-21(11-7-19)31(34,35)36/h6-13,20,24,28,38H,1-5,14-17H2. The lowest BCUT2D eigenvalue weighted by Gasteiger charge is -2.47. The highest BCUT2D eigenvalue weighted by Crippen LogP contribution is 2.56. The Hall–Kier alpha value is -2.80. The molecule has 2 saturated carbocycles. The Morgan fingerprint density at radius 3 is 2.16 bits per heavy atom. The highest BCUT2D eigenvalue weighted by molar-refractivity contribution is 5.75. The second-order valence-corrected chi connectivity index (χ2v) is 11.4. The predicted octanol–water partition coefficient (Wildman–Crippen LogP) is 8.77. The van der Waals surface area contributed by atoms with Crippen LogP contribution in [0.1, 0.15) is 103 Å². The van der Waals surface area contributed by atoms with Crippen molar-refractivity contribution in [3.63, 3.8) is 0 Å². The molecule has 2 unspecified atom stereocenters. The quantitative estimate of drug-likeness (QED) is 0.344. The summed E-state index contributed by atoms with van der Waals surface area (Å²) in [6, 6.07) is 9.97. The molecule has 7 heteroatoms. The summed E-state index contributed by atoms with van der Waals surface area (Å²) in [7, 11) is 0. The van der Waals surface area contributed by atoms with Crippen molar-refractivity contribution < 1.29 is 27.1 Å². The molecule has 38 heavy (non-hydrogen) atoms. The third-order valence-corrected chi connectivity index (χ3v) is 8.96. The van der Waals surface area contributed by atoms with Crippen molar-refractivity contribution in [1.82, 2.24) is 4.98 Å². The van der Waals surface area contributed by atoms with Gasteiger partial charge >= 0.3 is 6.18 Å². The molecule has 6 rings (SSSR count). The van der Waals surface area contributed by atoms with E-state index in [1.807, 2.05) is 0 Å². The van der Waals surface area contributed by atoms with Crippen molar-refractivity contribution >= 4 is 0 Å². The van der Waals surface area contributed by atoms with Gasteiger partial charge in [0, 0.05) is 22.7 Å². The van der Waals surface area contributed by atoms with E-state index < -0.39 is 29.8 Å². The summed E-state index contributed by atoms with van der Waals surface area (Å²) in [5.41, 5.74) is 2.67. The van der Waals surface area contributed by atoms with Gasteiger partial charge in [0.2, 0.25) is 0 Å². The minimum absolute atomic E-state index is 0.0104.